The lowest BCUT2D eigenvalue weighted by molar-refractivity contribution is -0.139. The highest BCUT2D eigenvalue weighted by molar-refractivity contribution is 5.87. The van der Waals surface area contributed by atoms with Crippen LogP contribution in [0.5, 0.6) is 0 Å². The molecule has 0 radical (unpaired) electrons. The number of aliphatic hydroxyl groups is 2. The van der Waals surface area contributed by atoms with E-state index in [0.29, 0.717) is 17.4 Å². The molecule has 0 saturated heterocycles. The molecule has 0 aromatic carbocycles. The van der Waals surface area contributed by atoms with Gasteiger partial charge in [0.1, 0.15) is 0 Å². The van der Waals surface area contributed by atoms with Crippen molar-refractivity contribution < 1.29 is 20.1 Å². The average Bonchev–Trinajstić information content (AvgIpc) is 2.49. The van der Waals surface area contributed by atoms with Gasteiger partial charge in [-0.15, -0.1) is 0 Å². The van der Waals surface area contributed by atoms with Crippen molar-refractivity contribution in [3.63, 3.8) is 0 Å². The van der Waals surface area contributed by atoms with Crippen LogP contribution in [-0.2, 0) is 4.79 Å². The zero-order valence-electron chi connectivity index (χ0n) is 15.6. The van der Waals surface area contributed by atoms with E-state index in [1.165, 1.54) is 0 Å². The fourth-order valence-corrected chi connectivity index (χ4v) is 5.35. The summed E-state index contributed by atoms with van der Waals surface area (Å²) in [4.78, 5) is 11.8. The molecule has 0 aromatic rings. The van der Waals surface area contributed by atoms with E-state index in [-0.39, 0.29) is 29.5 Å². The van der Waals surface area contributed by atoms with Gasteiger partial charge in [-0.05, 0) is 60.7 Å². The molecule has 0 heterocycles. The summed E-state index contributed by atoms with van der Waals surface area (Å²) < 4.78 is 0. The lowest BCUT2D eigenvalue weighted by atomic mass is 9.47. The maximum atomic E-state index is 11.8. The van der Waals surface area contributed by atoms with E-state index >= 15 is 0 Å². The molecule has 4 heteroatoms. The third kappa shape index (κ3) is 3.41. The van der Waals surface area contributed by atoms with Crippen LogP contribution in [0.1, 0.15) is 66.2 Å². The molecule has 0 aliphatic heterocycles. The third-order valence-corrected chi connectivity index (χ3v) is 7.07. The van der Waals surface area contributed by atoms with Crippen molar-refractivity contribution >= 4 is 5.97 Å². The highest BCUT2D eigenvalue weighted by atomic mass is 16.4. The highest BCUT2D eigenvalue weighted by Gasteiger charge is 2.56. The molecule has 0 spiro atoms. The molecular formula is C20H34O4. The monoisotopic (exact) mass is 338 g/mol. The normalized spacial score (nSPS) is 36.6. The summed E-state index contributed by atoms with van der Waals surface area (Å²) in [5, 5.41) is 29.3. The topological polar surface area (TPSA) is 77.8 Å². The van der Waals surface area contributed by atoms with Crippen LogP contribution in [0.3, 0.4) is 0 Å². The van der Waals surface area contributed by atoms with E-state index in [0.717, 1.165) is 38.5 Å². The Morgan fingerprint density at radius 2 is 2.00 bits per heavy atom. The molecule has 1 fully saturated rings. The van der Waals surface area contributed by atoms with Gasteiger partial charge in [0.2, 0.25) is 0 Å². The van der Waals surface area contributed by atoms with Gasteiger partial charge in [0.15, 0.2) is 0 Å². The zero-order valence-corrected chi connectivity index (χ0v) is 15.6. The number of hydrogen-bond donors (Lipinski definition) is 3. The number of allylic oxidation sites excluding steroid dienone is 1. The number of carboxylic acid groups (broad SMARTS) is 1. The van der Waals surface area contributed by atoms with Crippen molar-refractivity contribution in [1.82, 2.24) is 0 Å². The standard InChI is InChI=1S/C20H34O4/c1-13(10-12-21)5-7-15-14(18(23)24)6-8-16-19(2,3)17(22)9-11-20(15,16)4/h6,13,15-17,21-22H,5,7-12H2,1-4H3,(H,23,24)/t13-,15+,16-,17+,20-/m0/s1. The molecule has 2 aliphatic rings. The van der Waals surface area contributed by atoms with Gasteiger partial charge in [0, 0.05) is 12.2 Å². The molecule has 0 amide bonds. The number of aliphatic hydroxyl groups excluding tert-OH is 2. The summed E-state index contributed by atoms with van der Waals surface area (Å²) in [5.41, 5.74) is 0.296. The van der Waals surface area contributed by atoms with E-state index < -0.39 is 5.97 Å². The first-order valence-electron chi connectivity index (χ1n) is 9.36. The molecule has 0 aromatic heterocycles. The molecule has 0 unspecified atom stereocenters. The quantitative estimate of drug-likeness (QED) is 0.691. The first-order chi connectivity index (χ1) is 11.1. The smallest absolute Gasteiger partial charge is 0.331 e. The van der Waals surface area contributed by atoms with Gasteiger partial charge in [0.25, 0.3) is 0 Å². The SMILES string of the molecule is C[C@H](CCO)CC[C@@H]1C(C(=O)O)=CC[C@H]2C(C)(C)[C@H](O)CC[C@@]12C. The van der Waals surface area contributed by atoms with Crippen LogP contribution in [0.25, 0.3) is 0 Å². The van der Waals surface area contributed by atoms with E-state index in [1.807, 2.05) is 6.08 Å². The van der Waals surface area contributed by atoms with E-state index in [1.54, 1.807) is 0 Å². The Morgan fingerprint density at radius 1 is 1.33 bits per heavy atom. The molecule has 3 N–H and O–H groups in total. The van der Waals surface area contributed by atoms with Gasteiger partial charge in [-0.3, -0.25) is 0 Å². The van der Waals surface area contributed by atoms with Crippen molar-refractivity contribution in [3.05, 3.63) is 11.6 Å². The Morgan fingerprint density at radius 3 is 2.58 bits per heavy atom. The Balaban J connectivity index is 2.30. The Kier molecular flexibility index (Phi) is 5.81. The summed E-state index contributed by atoms with van der Waals surface area (Å²) >= 11 is 0. The van der Waals surface area contributed by atoms with Gasteiger partial charge in [-0.25, -0.2) is 4.79 Å². The molecule has 24 heavy (non-hydrogen) atoms. The predicted octanol–water partition coefficient (Wildman–Crippen LogP) is 3.62. The van der Waals surface area contributed by atoms with Crippen LogP contribution in [0.15, 0.2) is 11.6 Å². The van der Waals surface area contributed by atoms with E-state index in [4.69, 9.17) is 5.11 Å². The summed E-state index contributed by atoms with van der Waals surface area (Å²) in [6, 6.07) is 0. The van der Waals surface area contributed by atoms with Gasteiger partial charge >= 0.3 is 5.97 Å². The first-order valence-corrected chi connectivity index (χ1v) is 9.36. The lowest BCUT2D eigenvalue weighted by Gasteiger charge is -2.58. The second-order valence-electron chi connectivity index (χ2n) is 8.88. The van der Waals surface area contributed by atoms with E-state index in [9.17, 15) is 15.0 Å². The van der Waals surface area contributed by atoms with Gasteiger partial charge in [-0.2, -0.15) is 0 Å². The number of carboxylic acids is 1. The Labute approximate surface area is 146 Å². The van der Waals surface area contributed by atoms with Crippen LogP contribution < -0.4 is 0 Å². The van der Waals surface area contributed by atoms with Gasteiger partial charge in [-0.1, -0.05) is 40.2 Å². The largest absolute Gasteiger partial charge is 0.478 e. The van der Waals surface area contributed by atoms with Crippen molar-refractivity contribution in [1.29, 1.82) is 0 Å². The summed E-state index contributed by atoms with van der Waals surface area (Å²) in [6.07, 6.45) is 6.51. The molecule has 5 atom stereocenters. The maximum Gasteiger partial charge on any atom is 0.331 e. The molecule has 1 saturated carbocycles. The van der Waals surface area contributed by atoms with Crippen LogP contribution in [-0.4, -0.2) is 34.0 Å². The van der Waals surface area contributed by atoms with Crippen LogP contribution in [0, 0.1) is 28.6 Å². The minimum Gasteiger partial charge on any atom is -0.478 e. The molecule has 138 valence electrons. The first kappa shape index (κ1) is 19.5. The van der Waals surface area contributed by atoms with Crippen LogP contribution in [0.4, 0.5) is 0 Å². The number of fused-ring (bicyclic) bond motifs is 1. The summed E-state index contributed by atoms with van der Waals surface area (Å²) in [5.74, 6) is -0.0636. The average molecular weight is 338 g/mol. The molecule has 2 aliphatic carbocycles. The second kappa shape index (κ2) is 7.17. The molecular weight excluding hydrogens is 304 g/mol. The number of rotatable bonds is 6. The van der Waals surface area contributed by atoms with Crippen molar-refractivity contribution in [2.24, 2.45) is 28.6 Å². The minimum atomic E-state index is -0.793. The second-order valence-corrected chi connectivity index (χ2v) is 8.88. The lowest BCUT2D eigenvalue weighted by Crippen LogP contribution is -2.54. The summed E-state index contributed by atoms with van der Waals surface area (Å²) in [6.45, 7) is 8.81. The van der Waals surface area contributed by atoms with E-state index in [2.05, 4.69) is 27.7 Å². The fraction of sp³-hybridized carbons (Fsp3) is 0.850. The molecule has 4 nitrogen and oxygen atoms in total. The fourth-order valence-electron chi connectivity index (χ4n) is 5.35. The highest BCUT2D eigenvalue weighted by Crippen LogP contribution is 2.60. The van der Waals surface area contributed by atoms with Crippen molar-refractivity contribution in [3.8, 4) is 0 Å². The predicted molar refractivity (Wildman–Crippen MR) is 94.5 cm³/mol. The van der Waals surface area contributed by atoms with Crippen LogP contribution in [0.2, 0.25) is 0 Å². The number of carbonyl (C=O) groups is 1. The minimum absolute atomic E-state index is 0.0293. The molecule has 0 bridgehead atoms. The van der Waals surface area contributed by atoms with Gasteiger partial charge in [0.05, 0.1) is 6.10 Å². The summed E-state index contributed by atoms with van der Waals surface area (Å²) in [7, 11) is 0. The van der Waals surface area contributed by atoms with Crippen molar-refractivity contribution in [2.75, 3.05) is 6.61 Å². The Bertz CT molecular complexity index is 496. The van der Waals surface area contributed by atoms with Gasteiger partial charge < -0.3 is 15.3 Å². The maximum absolute atomic E-state index is 11.8. The molecule has 2 rings (SSSR count). The zero-order chi connectivity index (χ0) is 18.1. The number of hydrogen-bond acceptors (Lipinski definition) is 3. The van der Waals surface area contributed by atoms with Crippen molar-refractivity contribution in [2.45, 2.75) is 72.3 Å². The Hall–Kier alpha value is -0.870. The number of aliphatic carboxylic acids is 1. The van der Waals surface area contributed by atoms with Crippen LogP contribution >= 0.6 is 0 Å². The third-order valence-electron chi connectivity index (χ3n) is 7.07.